The molecule has 2 heterocycles. The number of anilines is 1. The van der Waals surface area contributed by atoms with Crippen LogP contribution in [0, 0.1) is 6.92 Å². The Morgan fingerprint density at radius 1 is 1.06 bits per heavy atom. The second-order valence-electron chi connectivity index (χ2n) is 9.02. The van der Waals surface area contributed by atoms with E-state index in [9.17, 15) is 15.0 Å². The molecule has 4 rings (SSSR count). The van der Waals surface area contributed by atoms with E-state index in [1.807, 2.05) is 36.4 Å². The Labute approximate surface area is 206 Å². The topological polar surface area (TPSA) is 120 Å². The van der Waals surface area contributed by atoms with Gasteiger partial charge >= 0.3 is 5.69 Å². The van der Waals surface area contributed by atoms with E-state index in [0.29, 0.717) is 5.56 Å². The molecule has 1 fully saturated rings. The highest BCUT2D eigenvalue weighted by Gasteiger charge is 2.47. The van der Waals surface area contributed by atoms with Gasteiger partial charge in [0.15, 0.2) is 6.23 Å². The Kier molecular flexibility index (Phi) is 7.83. The van der Waals surface area contributed by atoms with Gasteiger partial charge in [-0.2, -0.15) is 4.98 Å². The predicted molar refractivity (Wildman–Crippen MR) is 137 cm³/mol. The molecule has 0 radical (unpaired) electrons. The zero-order valence-corrected chi connectivity index (χ0v) is 21.1. The maximum atomic E-state index is 12.4. The summed E-state index contributed by atoms with van der Waals surface area (Å²) in [6.45, 7) is 3.94. The fourth-order valence-electron chi connectivity index (χ4n) is 4.62. The van der Waals surface area contributed by atoms with Crippen LogP contribution in [0.25, 0.3) is 0 Å². The first-order valence-corrected chi connectivity index (χ1v) is 14.1. The first-order chi connectivity index (χ1) is 16.9. The summed E-state index contributed by atoms with van der Waals surface area (Å²) in [5.74, 6) is 0.122. The largest absolute Gasteiger partial charge is 0.405 e. The van der Waals surface area contributed by atoms with Crippen molar-refractivity contribution in [3.8, 4) is 0 Å². The maximum absolute atomic E-state index is 12.4. The lowest BCUT2D eigenvalue weighted by atomic mass is 10.1. The number of ether oxygens (including phenoxy) is 1. The first kappa shape index (κ1) is 25.3. The van der Waals surface area contributed by atoms with Crippen molar-refractivity contribution in [2.75, 3.05) is 12.3 Å². The van der Waals surface area contributed by atoms with E-state index in [1.54, 1.807) is 6.92 Å². The van der Waals surface area contributed by atoms with Gasteiger partial charge in [0.1, 0.15) is 24.1 Å². The highest BCUT2D eigenvalue weighted by atomic mass is 28.4. The Bertz CT molecular complexity index is 1140. The second kappa shape index (κ2) is 10.8. The molecule has 186 valence electrons. The molecule has 0 bridgehead atoms. The third-order valence-electron chi connectivity index (χ3n) is 6.64. The van der Waals surface area contributed by atoms with E-state index in [0.717, 1.165) is 29.3 Å². The van der Waals surface area contributed by atoms with Crippen molar-refractivity contribution >= 4 is 24.5 Å². The lowest BCUT2D eigenvalue weighted by Gasteiger charge is -2.34. The van der Waals surface area contributed by atoms with Crippen LogP contribution in [0.3, 0.4) is 0 Å². The highest BCUT2D eigenvalue weighted by molar-refractivity contribution is 6.97. The second-order valence-corrected chi connectivity index (χ2v) is 12.6. The van der Waals surface area contributed by atoms with Gasteiger partial charge in [0, 0.05) is 11.8 Å². The Morgan fingerprint density at radius 2 is 1.66 bits per heavy atom. The molecule has 1 aliphatic rings. The smallest absolute Gasteiger partial charge is 0.351 e. The average Bonchev–Trinajstić information content (AvgIpc) is 3.16. The normalized spacial score (nSPS) is 22.4. The fraction of sp³-hybridized carbons (Fsp3) is 0.385. The summed E-state index contributed by atoms with van der Waals surface area (Å²) in [7, 11) is -2.69. The third-order valence-corrected chi connectivity index (χ3v) is 10.9. The van der Waals surface area contributed by atoms with Crippen molar-refractivity contribution in [2.45, 2.75) is 57.3 Å². The zero-order valence-electron chi connectivity index (χ0n) is 20.1. The van der Waals surface area contributed by atoms with Crippen LogP contribution in [-0.2, 0) is 9.16 Å². The van der Waals surface area contributed by atoms with Crippen LogP contribution in [0.1, 0.15) is 31.6 Å². The SMILES string of the molecule is CCCC[Si](OC[C@H]1O[C@@H](n2cc(C)c(N)nc2=O)[C@H](O)[C@@H]1O)(c1ccccc1)c1ccccc1. The van der Waals surface area contributed by atoms with Crippen molar-refractivity contribution in [1.82, 2.24) is 9.55 Å². The number of rotatable bonds is 9. The number of hydrogen-bond donors (Lipinski definition) is 3. The molecule has 0 aliphatic carbocycles. The molecule has 2 aromatic carbocycles. The standard InChI is InChI=1S/C26H33N3O5Si/c1-3-4-15-35(19-11-7-5-8-12-19,20-13-9-6-10-14-20)33-17-21-22(30)23(31)25(34-21)29-16-18(2)24(27)28-26(29)32/h5-14,16,21-23,25,30-31H,3-4,15,17H2,1-2H3,(H2,27,28,32)/t21-,22-,23-,25-/m1/s1. The summed E-state index contributed by atoms with van der Waals surface area (Å²) in [5.41, 5.74) is 5.66. The lowest BCUT2D eigenvalue weighted by molar-refractivity contribution is -0.0523. The van der Waals surface area contributed by atoms with Crippen molar-refractivity contribution < 1.29 is 19.4 Å². The molecule has 0 spiro atoms. The number of aliphatic hydroxyl groups is 2. The molecule has 4 atom stereocenters. The van der Waals surface area contributed by atoms with Gasteiger partial charge in [-0.1, -0.05) is 80.4 Å². The number of nitrogens with two attached hydrogens (primary N) is 1. The van der Waals surface area contributed by atoms with Crippen LogP contribution in [-0.4, -0.2) is 53.0 Å². The molecule has 9 heteroatoms. The van der Waals surface area contributed by atoms with Crippen molar-refractivity contribution in [3.63, 3.8) is 0 Å². The molecule has 8 nitrogen and oxygen atoms in total. The molecule has 4 N–H and O–H groups in total. The number of nitrogens with zero attached hydrogens (tertiary/aromatic N) is 2. The lowest BCUT2D eigenvalue weighted by Crippen LogP contribution is -2.61. The number of aliphatic hydroxyl groups excluding tert-OH is 2. The maximum Gasteiger partial charge on any atom is 0.351 e. The number of benzene rings is 2. The minimum atomic E-state index is -2.69. The molecule has 1 aromatic heterocycles. The van der Waals surface area contributed by atoms with Crippen LogP contribution >= 0.6 is 0 Å². The minimum absolute atomic E-state index is 0.0740. The van der Waals surface area contributed by atoms with E-state index >= 15 is 0 Å². The molecule has 1 saturated heterocycles. The van der Waals surface area contributed by atoms with Gasteiger partial charge in [0.25, 0.3) is 8.32 Å². The van der Waals surface area contributed by atoms with Crippen molar-refractivity contribution in [3.05, 3.63) is 82.9 Å². The number of nitrogen functional groups attached to an aromatic ring is 1. The van der Waals surface area contributed by atoms with Gasteiger partial charge < -0.3 is 25.1 Å². The summed E-state index contributed by atoms with van der Waals surface area (Å²) in [6, 6.07) is 21.3. The van der Waals surface area contributed by atoms with Crippen LogP contribution < -0.4 is 21.8 Å². The Morgan fingerprint density at radius 3 is 2.23 bits per heavy atom. The first-order valence-electron chi connectivity index (χ1n) is 12.0. The number of aromatic nitrogens is 2. The summed E-state index contributed by atoms with van der Waals surface area (Å²) in [6.07, 6.45) is -0.948. The summed E-state index contributed by atoms with van der Waals surface area (Å²) < 4.78 is 14.0. The monoisotopic (exact) mass is 495 g/mol. The van der Waals surface area contributed by atoms with Crippen LogP contribution in [0.2, 0.25) is 6.04 Å². The molecule has 3 aromatic rings. The third kappa shape index (κ3) is 5.09. The average molecular weight is 496 g/mol. The van der Waals surface area contributed by atoms with Gasteiger partial charge in [0.2, 0.25) is 0 Å². The van der Waals surface area contributed by atoms with Crippen molar-refractivity contribution in [1.29, 1.82) is 0 Å². The number of aryl methyl sites for hydroxylation is 1. The molecular weight excluding hydrogens is 462 g/mol. The van der Waals surface area contributed by atoms with Gasteiger partial charge in [-0.3, -0.25) is 4.57 Å². The summed E-state index contributed by atoms with van der Waals surface area (Å²) in [5, 5.41) is 23.8. The number of hydrogen-bond acceptors (Lipinski definition) is 7. The molecule has 1 aliphatic heterocycles. The van der Waals surface area contributed by atoms with E-state index in [2.05, 4.69) is 36.2 Å². The molecule has 0 saturated carbocycles. The van der Waals surface area contributed by atoms with E-state index in [-0.39, 0.29) is 12.4 Å². The Balaban J connectivity index is 1.64. The highest BCUT2D eigenvalue weighted by Crippen LogP contribution is 2.30. The van der Waals surface area contributed by atoms with Crippen LogP contribution in [0.5, 0.6) is 0 Å². The zero-order chi connectivity index (χ0) is 25.0. The van der Waals surface area contributed by atoms with Gasteiger partial charge in [-0.05, 0) is 23.3 Å². The minimum Gasteiger partial charge on any atom is -0.405 e. The van der Waals surface area contributed by atoms with Gasteiger partial charge in [-0.25, -0.2) is 4.79 Å². The van der Waals surface area contributed by atoms with Gasteiger partial charge in [-0.15, -0.1) is 0 Å². The van der Waals surface area contributed by atoms with Crippen LogP contribution in [0.15, 0.2) is 71.7 Å². The molecular formula is C26H33N3O5Si. The van der Waals surface area contributed by atoms with Gasteiger partial charge in [0.05, 0.1) is 6.61 Å². The Hall–Kier alpha value is -2.82. The molecule has 0 unspecified atom stereocenters. The fourth-order valence-corrected chi connectivity index (χ4v) is 8.77. The van der Waals surface area contributed by atoms with E-state index < -0.39 is 38.5 Å². The van der Waals surface area contributed by atoms with E-state index in [4.69, 9.17) is 14.9 Å². The molecule has 0 amide bonds. The molecule has 35 heavy (non-hydrogen) atoms. The van der Waals surface area contributed by atoms with E-state index in [1.165, 1.54) is 10.8 Å². The summed E-state index contributed by atoms with van der Waals surface area (Å²) >= 11 is 0. The summed E-state index contributed by atoms with van der Waals surface area (Å²) in [4.78, 5) is 16.2. The predicted octanol–water partition coefficient (Wildman–Crippen LogP) is 1.33. The number of unbranched alkanes of at least 4 members (excludes halogenated alkanes) is 1. The van der Waals surface area contributed by atoms with Crippen LogP contribution in [0.4, 0.5) is 5.82 Å². The van der Waals surface area contributed by atoms with Crippen molar-refractivity contribution in [2.24, 2.45) is 0 Å². The quantitative estimate of drug-likeness (QED) is 0.383.